The quantitative estimate of drug-likeness (QED) is 0.501. The number of amides is 2. The van der Waals surface area contributed by atoms with Crippen molar-refractivity contribution in [3.05, 3.63) is 41.6 Å². The highest BCUT2D eigenvalue weighted by molar-refractivity contribution is 6.07. The molecule has 1 aliphatic rings. The molecule has 1 aromatic rings. The zero-order valence-corrected chi connectivity index (χ0v) is 12.4. The molecule has 0 atom stereocenters. The zero-order valence-electron chi connectivity index (χ0n) is 12.4. The number of nitrogens with one attached hydrogen (secondary N) is 1. The summed E-state index contributed by atoms with van der Waals surface area (Å²) in [6.45, 7) is 2.23. The Morgan fingerprint density at radius 1 is 1.13 bits per heavy atom. The van der Waals surface area contributed by atoms with E-state index in [1.807, 2.05) is 17.0 Å². The smallest absolute Gasteiger partial charge is 0.267 e. The molecule has 23 heavy (non-hydrogen) atoms. The molecule has 0 aromatic heterocycles. The first-order valence-corrected chi connectivity index (χ1v) is 7.03. The van der Waals surface area contributed by atoms with Crippen molar-refractivity contribution in [1.82, 2.24) is 9.80 Å². The van der Waals surface area contributed by atoms with Crippen LogP contribution in [0.25, 0.3) is 0 Å². The summed E-state index contributed by atoms with van der Waals surface area (Å²) in [5.74, 6) is -0.562. The predicted molar refractivity (Wildman–Crippen MR) is 82.7 cm³/mol. The largest absolute Gasteiger partial charge is 0.373 e. The number of carbonyl (C=O) groups excluding carboxylic acids is 2. The average Bonchev–Trinajstić information content (AvgIpc) is 2.60. The Bertz CT molecular complexity index is 706. The summed E-state index contributed by atoms with van der Waals surface area (Å²) >= 11 is 0. The van der Waals surface area contributed by atoms with E-state index < -0.39 is 5.91 Å². The molecule has 0 aliphatic carbocycles. The second-order valence-corrected chi connectivity index (χ2v) is 4.94. The molecule has 1 fully saturated rings. The van der Waals surface area contributed by atoms with Crippen LogP contribution in [0.1, 0.15) is 5.56 Å². The lowest BCUT2D eigenvalue weighted by Gasteiger charge is -2.31. The third-order valence-corrected chi connectivity index (χ3v) is 3.47. The maximum atomic E-state index is 12.2. The van der Waals surface area contributed by atoms with E-state index in [0.717, 1.165) is 6.41 Å². The topological polar surface area (TPSA) is 100 Å². The van der Waals surface area contributed by atoms with E-state index in [0.29, 0.717) is 37.4 Å². The van der Waals surface area contributed by atoms with Gasteiger partial charge in [0, 0.05) is 32.4 Å². The van der Waals surface area contributed by atoms with Gasteiger partial charge in [-0.1, -0.05) is 12.1 Å². The fourth-order valence-corrected chi connectivity index (χ4v) is 2.17. The third-order valence-electron chi connectivity index (χ3n) is 3.47. The van der Waals surface area contributed by atoms with E-state index in [1.54, 1.807) is 29.2 Å². The van der Waals surface area contributed by atoms with Crippen LogP contribution in [0.3, 0.4) is 0 Å². The predicted octanol–water partition coefficient (Wildman–Crippen LogP) is 0.678. The molecule has 0 bridgehead atoms. The molecule has 1 N–H and O–H groups in total. The second-order valence-electron chi connectivity index (χ2n) is 4.94. The standard InChI is InChI=1S/C16H15N5O2/c17-9-13-3-1-2-4-15(13)19-16(23)14(10-18)11-20-5-7-21(12-22)8-6-20/h1-4,11-12H,5-8H2,(H,19,23)/b14-11-. The molecule has 7 heteroatoms. The normalized spacial score (nSPS) is 14.6. The van der Waals surface area contributed by atoms with Gasteiger partial charge in [-0.15, -0.1) is 0 Å². The number of hydrogen-bond acceptors (Lipinski definition) is 5. The number of para-hydroxylation sites is 1. The Balaban J connectivity index is 2.07. The molecule has 1 aromatic carbocycles. The number of anilines is 1. The highest BCUT2D eigenvalue weighted by Crippen LogP contribution is 2.15. The molecule has 0 spiro atoms. The first-order valence-electron chi connectivity index (χ1n) is 7.03. The molecule has 0 saturated carbocycles. The molecular formula is C16H15N5O2. The lowest BCUT2D eigenvalue weighted by Crippen LogP contribution is -2.43. The van der Waals surface area contributed by atoms with Crippen LogP contribution in [-0.2, 0) is 9.59 Å². The lowest BCUT2D eigenvalue weighted by molar-refractivity contribution is -0.119. The van der Waals surface area contributed by atoms with Crippen molar-refractivity contribution < 1.29 is 9.59 Å². The van der Waals surface area contributed by atoms with E-state index in [2.05, 4.69) is 5.32 Å². The van der Waals surface area contributed by atoms with Crippen molar-refractivity contribution in [2.75, 3.05) is 31.5 Å². The third kappa shape index (κ3) is 4.08. The first kappa shape index (κ1) is 16.1. The Labute approximate surface area is 134 Å². The molecule has 2 amide bonds. The molecule has 7 nitrogen and oxygen atoms in total. The van der Waals surface area contributed by atoms with Gasteiger partial charge in [0.25, 0.3) is 5.91 Å². The number of hydrogen-bond donors (Lipinski definition) is 1. The van der Waals surface area contributed by atoms with Gasteiger partial charge >= 0.3 is 0 Å². The van der Waals surface area contributed by atoms with Gasteiger partial charge in [0.2, 0.25) is 6.41 Å². The zero-order chi connectivity index (χ0) is 16.7. The SMILES string of the molecule is N#C/C(=C/N1CCN(C=O)CC1)C(=O)Nc1ccccc1C#N. The van der Waals surface area contributed by atoms with Gasteiger partial charge in [-0.05, 0) is 12.1 Å². The van der Waals surface area contributed by atoms with Gasteiger partial charge < -0.3 is 15.1 Å². The Morgan fingerprint density at radius 2 is 1.78 bits per heavy atom. The van der Waals surface area contributed by atoms with Crippen LogP contribution in [0.2, 0.25) is 0 Å². The van der Waals surface area contributed by atoms with Crippen molar-refractivity contribution in [2.45, 2.75) is 0 Å². The van der Waals surface area contributed by atoms with Gasteiger partial charge in [0.1, 0.15) is 17.7 Å². The van der Waals surface area contributed by atoms with Crippen molar-refractivity contribution in [3.8, 4) is 12.1 Å². The van der Waals surface area contributed by atoms with Crippen molar-refractivity contribution in [2.24, 2.45) is 0 Å². The van der Waals surface area contributed by atoms with E-state index in [4.69, 9.17) is 5.26 Å². The summed E-state index contributed by atoms with van der Waals surface area (Å²) in [5.41, 5.74) is 0.655. The molecule has 1 heterocycles. The van der Waals surface area contributed by atoms with Crippen LogP contribution in [-0.4, -0.2) is 48.3 Å². The van der Waals surface area contributed by atoms with E-state index in [1.165, 1.54) is 6.20 Å². The number of carbonyl (C=O) groups is 2. The maximum absolute atomic E-state index is 12.2. The average molecular weight is 309 g/mol. The number of rotatable bonds is 4. The summed E-state index contributed by atoms with van der Waals surface area (Å²) in [7, 11) is 0. The highest BCUT2D eigenvalue weighted by Gasteiger charge is 2.17. The molecule has 1 aliphatic heterocycles. The second kappa shape index (κ2) is 7.62. The molecule has 1 saturated heterocycles. The van der Waals surface area contributed by atoms with E-state index in [9.17, 15) is 14.9 Å². The molecule has 116 valence electrons. The van der Waals surface area contributed by atoms with Gasteiger partial charge in [0.15, 0.2) is 0 Å². The van der Waals surface area contributed by atoms with Crippen molar-refractivity contribution in [3.63, 3.8) is 0 Å². The van der Waals surface area contributed by atoms with Crippen LogP contribution in [0.4, 0.5) is 5.69 Å². The van der Waals surface area contributed by atoms with Gasteiger partial charge in [-0.2, -0.15) is 10.5 Å². The Morgan fingerprint density at radius 3 is 2.39 bits per heavy atom. The van der Waals surface area contributed by atoms with Crippen LogP contribution < -0.4 is 5.32 Å². The number of benzene rings is 1. The van der Waals surface area contributed by atoms with Gasteiger partial charge in [-0.3, -0.25) is 9.59 Å². The fraction of sp³-hybridized carbons (Fsp3) is 0.250. The molecule has 0 unspecified atom stereocenters. The Hall–Kier alpha value is -3.32. The summed E-state index contributed by atoms with van der Waals surface area (Å²) in [5, 5.41) is 20.8. The molecule has 2 rings (SSSR count). The molecule has 0 radical (unpaired) electrons. The number of nitriles is 2. The summed E-state index contributed by atoms with van der Waals surface area (Å²) in [4.78, 5) is 26.3. The minimum atomic E-state index is -0.562. The van der Waals surface area contributed by atoms with Crippen molar-refractivity contribution in [1.29, 1.82) is 10.5 Å². The summed E-state index contributed by atoms with van der Waals surface area (Å²) < 4.78 is 0. The monoisotopic (exact) mass is 309 g/mol. The van der Waals surface area contributed by atoms with Gasteiger partial charge in [0.05, 0.1) is 11.3 Å². The maximum Gasteiger partial charge on any atom is 0.267 e. The number of piperazine rings is 1. The summed E-state index contributed by atoms with van der Waals surface area (Å²) in [6.07, 6.45) is 2.28. The molecular weight excluding hydrogens is 294 g/mol. The lowest BCUT2D eigenvalue weighted by atomic mass is 10.2. The van der Waals surface area contributed by atoms with Crippen LogP contribution >= 0.6 is 0 Å². The Kier molecular flexibility index (Phi) is 5.32. The van der Waals surface area contributed by atoms with E-state index >= 15 is 0 Å². The van der Waals surface area contributed by atoms with Crippen LogP contribution in [0.5, 0.6) is 0 Å². The van der Waals surface area contributed by atoms with Crippen molar-refractivity contribution >= 4 is 18.0 Å². The van der Waals surface area contributed by atoms with E-state index in [-0.39, 0.29) is 5.57 Å². The fourth-order valence-electron chi connectivity index (χ4n) is 2.17. The first-order chi connectivity index (χ1) is 11.2. The minimum absolute atomic E-state index is 0.0442. The highest BCUT2D eigenvalue weighted by atomic mass is 16.1. The summed E-state index contributed by atoms with van der Waals surface area (Å²) in [6, 6.07) is 10.4. The van der Waals surface area contributed by atoms with Gasteiger partial charge in [-0.25, -0.2) is 0 Å². The van der Waals surface area contributed by atoms with Crippen LogP contribution in [0, 0.1) is 22.7 Å². The minimum Gasteiger partial charge on any atom is -0.373 e. The van der Waals surface area contributed by atoms with Crippen LogP contribution in [0.15, 0.2) is 36.0 Å². The number of nitrogens with zero attached hydrogens (tertiary/aromatic N) is 4.